The number of ether oxygens (including phenoxy) is 1. The topological polar surface area (TPSA) is 125 Å². The van der Waals surface area contributed by atoms with Crippen LogP contribution in [0.15, 0.2) is 65.6 Å². The molecule has 0 aliphatic carbocycles. The Kier molecular flexibility index (Phi) is 8.19. The second-order valence-electron chi connectivity index (χ2n) is 7.29. The SMILES string of the molecule is O=C(Cc1ccccc1)N[C@H]1CON(C2(C(=O)[O-])OC(=O)CC2Sc2ccccc2)C1=O.[Na+]. The van der Waals surface area contributed by atoms with Gasteiger partial charge in [-0.25, -0.2) is 0 Å². The predicted molar refractivity (Wildman–Crippen MR) is 109 cm³/mol. The van der Waals surface area contributed by atoms with Crippen molar-refractivity contribution in [3.63, 3.8) is 0 Å². The molecular weight excluding hydrogens is 459 g/mol. The zero-order valence-electron chi connectivity index (χ0n) is 17.8. The van der Waals surface area contributed by atoms with Gasteiger partial charge in [0.05, 0.1) is 18.1 Å². The molecule has 2 aromatic rings. The van der Waals surface area contributed by atoms with E-state index in [4.69, 9.17) is 9.57 Å². The van der Waals surface area contributed by atoms with Gasteiger partial charge in [0, 0.05) is 4.90 Å². The summed E-state index contributed by atoms with van der Waals surface area (Å²) in [7, 11) is 0. The molecule has 0 aromatic heterocycles. The number of benzene rings is 2. The van der Waals surface area contributed by atoms with E-state index in [9.17, 15) is 24.3 Å². The maximum absolute atomic E-state index is 13.0. The standard InChI is InChI=1S/C22H20N2O7S.Na/c25-18(11-14-7-3-1-4-8-14)23-16-13-30-24(20(16)27)22(21(28)29)17(12-19(26)31-22)32-15-9-5-2-6-10-15;/h1-10,16-17H,11-13H2,(H,23,25)(H,28,29);/q;+1/p-1/t16-,17?,22?;/m0./s1. The van der Waals surface area contributed by atoms with Gasteiger partial charge in [0.25, 0.3) is 11.6 Å². The molecule has 2 aromatic carbocycles. The van der Waals surface area contributed by atoms with Crippen molar-refractivity contribution in [2.24, 2.45) is 0 Å². The molecule has 2 aliphatic rings. The first kappa shape index (κ1) is 25.3. The van der Waals surface area contributed by atoms with Crippen LogP contribution in [0.2, 0.25) is 0 Å². The minimum Gasteiger partial charge on any atom is -0.544 e. The molecule has 4 rings (SSSR count). The molecule has 2 amide bonds. The molecule has 9 nitrogen and oxygen atoms in total. The zero-order chi connectivity index (χ0) is 22.7. The summed E-state index contributed by atoms with van der Waals surface area (Å²) in [5, 5.41) is 14.3. The molecule has 166 valence electrons. The van der Waals surface area contributed by atoms with Crippen molar-refractivity contribution in [3.05, 3.63) is 66.2 Å². The van der Waals surface area contributed by atoms with Crippen LogP contribution in [0.4, 0.5) is 0 Å². The van der Waals surface area contributed by atoms with E-state index in [1.807, 2.05) is 6.07 Å². The van der Waals surface area contributed by atoms with E-state index in [1.54, 1.807) is 54.6 Å². The van der Waals surface area contributed by atoms with Crippen LogP contribution < -0.4 is 40.0 Å². The maximum Gasteiger partial charge on any atom is 1.00 e. The first-order valence-electron chi connectivity index (χ1n) is 9.85. The number of hydrogen-bond acceptors (Lipinski definition) is 8. The van der Waals surface area contributed by atoms with E-state index in [-0.39, 0.29) is 49.0 Å². The average molecular weight is 478 g/mol. The number of nitrogens with zero attached hydrogens (tertiary/aromatic N) is 1. The van der Waals surface area contributed by atoms with Crippen molar-refractivity contribution in [3.8, 4) is 0 Å². The third-order valence-corrected chi connectivity index (χ3v) is 6.40. The first-order valence-corrected chi connectivity index (χ1v) is 10.7. The second kappa shape index (κ2) is 10.7. The molecule has 33 heavy (non-hydrogen) atoms. The number of aliphatic carboxylic acids is 1. The molecule has 2 fully saturated rings. The van der Waals surface area contributed by atoms with Crippen molar-refractivity contribution < 1.29 is 63.4 Å². The zero-order valence-corrected chi connectivity index (χ0v) is 20.6. The van der Waals surface area contributed by atoms with E-state index in [0.717, 1.165) is 17.3 Å². The van der Waals surface area contributed by atoms with Crippen molar-refractivity contribution in [1.29, 1.82) is 0 Å². The minimum absolute atomic E-state index is 0. The number of esters is 1. The Morgan fingerprint density at radius 2 is 1.73 bits per heavy atom. The molecule has 0 bridgehead atoms. The summed E-state index contributed by atoms with van der Waals surface area (Å²) in [5.41, 5.74) is -1.70. The smallest absolute Gasteiger partial charge is 0.544 e. The fourth-order valence-electron chi connectivity index (χ4n) is 3.60. The van der Waals surface area contributed by atoms with Crippen molar-refractivity contribution in [2.45, 2.75) is 34.8 Å². The Labute approximate surface area is 216 Å². The maximum atomic E-state index is 13.0. The Bertz CT molecular complexity index is 1040. The van der Waals surface area contributed by atoms with Crippen LogP contribution in [-0.2, 0) is 35.2 Å². The molecular formula is C22H19N2NaO7S. The number of rotatable bonds is 7. The number of cyclic esters (lactones) is 1. The van der Waals surface area contributed by atoms with Crippen molar-refractivity contribution >= 4 is 35.5 Å². The van der Waals surface area contributed by atoms with Gasteiger partial charge in [0.1, 0.15) is 18.6 Å². The van der Waals surface area contributed by atoms with E-state index in [2.05, 4.69) is 5.32 Å². The molecule has 2 unspecified atom stereocenters. The van der Waals surface area contributed by atoms with Crippen LogP contribution in [0.1, 0.15) is 12.0 Å². The fraction of sp³-hybridized carbons (Fsp3) is 0.273. The quantitative estimate of drug-likeness (QED) is 0.331. The molecule has 2 aliphatic heterocycles. The number of thioether (sulfide) groups is 1. The molecule has 2 heterocycles. The number of amides is 2. The first-order chi connectivity index (χ1) is 15.4. The third-order valence-electron chi connectivity index (χ3n) is 5.08. The number of nitrogens with one attached hydrogen (secondary N) is 1. The largest absolute Gasteiger partial charge is 1.00 e. The van der Waals surface area contributed by atoms with E-state index >= 15 is 0 Å². The summed E-state index contributed by atoms with van der Waals surface area (Å²) in [6.07, 6.45) is -0.219. The van der Waals surface area contributed by atoms with Gasteiger partial charge < -0.3 is 20.0 Å². The van der Waals surface area contributed by atoms with Crippen molar-refractivity contribution in [1.82, 2.24) is 10.4 Å². The van der Waals surface area contributed by atoms with E-state index < -0.39 is 40.8 Å². The number of hydroxylamine groups is 2. The molecule has 3 atom stereocenters. The number of carboxylic acids is 1. The molecule has 0 spiro atoms. The number of hydrogen-bond donors (Lipinski definition) is 1. The van der Waals surface area contributed by atoms with E-state index in [0.29, 0.717) is 9.96 Å². The predicted octanol–water partition coefficient (Wildman–Crippen LogP) is -2.95. The molecule has 2 saturated heterocycles. The molecule has 0 saturated carbocycles. The van der Waals surface area contributed by atoms with Gasteiger partial charge in [-0.1, -0.05) is 48.5 Å². The molecule has 1 N–H and O–H groups in total. The van der Waals surface area contributed by atoms with Crippen molar-refractivity contribution in [2.75, 3.05) is 6.61 Å². The summed E-state index contributed by atoms with van der Waals surface area (Å²) in [6, 6.07) is 16.6. The summed E-state index contributed by atoms with van der Waals surface area (Å²) >= 11 is 1.07. The van der Waals surface area contributed by atoms with Crippen LogP contribution >= 0.6 is 11.8 Å². The Morgan fingerprint density at radius 1 is 1.09 bits per heavy atom. The average Bonchev–Trinajstić information content (AvgIpc) is 3.29. The van der Waals surface area contributed by atoms with Gasteiger partial charge in [-0.3, -0.25) is 19.2 Å². The monoisotopic (exact) mass is 478 g/mol. The van der Waals surface area contributed by atoms with Gasteiger partial charge in [0.15, 0.2) is 0 Å². The third kappa shape index (κ3) is 5.25. The summed E-state index contributed by atoms with van der Waals surface area (Å²) < 4.78 is 5.14. The summed E-state index contributed by atoms with van der Waals surface area (Å²) in [4.78, 5) is 55.7. The normalized spacial score (nSPS) is 24.2. The van der Waals surface area contributed by atoms with Crippen LogP contribution in [0.5, 0.6) is 0 Å². The number of carbonyl (C=O) groups is 4. The van der Waals surface area contributed by atoms with Crippen LogP contribution in [-0.4, -0.2) is 52.4 Å². The van der Waals surface area contributed by atoms with Crippen LogP contribution in [0.3, 0.4) is 0 Å². The Morgan fingerprint density at radius 3 is 2.36 bits per heavy atom. The Hall–Kier alpha value is -2.37. The minimum atomic E-state index is -2.45. The number of carbonyl (C=O) groups excluding carboxylic acids is 4. The van der Waals surface area contributed by atoms with Crippen LogP contribution in [0.25, 0.3) is 0 Å². The van der Waals surface area contributed by atoms with Gasteiger partial charge >= 0.3 is 35.5 Å². The molecule has 11 heteroatoms. The van der Waals surface area contributed by atoms with Gasteiger partial charge in [-0.2, -0.15) is 5.06 Å². The van der Waals surface area contributed by atoms with Gasteiger partial charge in [-0.05, 0) is 17.7 Å². The van der Waals surface area contributed by atoms with Gasteiger partial charge in [0.2, 0.25) is 5.91 Å². The summed E-state index contributed by atoms with van der Waals surface area (Å²) in [6.45, 7) is -0.297. The van der Waals surface area contributed by atoms with E-state index in [1.165, 1.54) is 0 Å². The second-order valence-corrected chi connectivity index (χ2v) is 8.57. The fourth-order valence-corrected chi connectivity index (χ4v) is 4.86. The van der Waals surface area contributed by atoms with Gasteiger partial charge in [-0.15, -0.1) is 11.8 Å². The number of carboxylic acid groups (broad SMARTS) is 1. The molecule has 0 radical (unpaired) electrons. The van der Waals surface area contributed by atoms with Crippen LogP contribution in [0, 0.1) is 0 Å². The summed E-state index contributed by atoms with van der Waals surface area (Å²) in [5.74, 6) is -3.83. The Balaban J connectivity index is 0.00000306.